The van der Waals surface area contributed by atoms with Gasteiger partial charge in [0.2, 0.25) is 11.0 Å². The molecule has 0 saturated carbocycles. The molecular weight excluding hydrogens is 446 g/mol. The number of aromatic nitrogens is 2. The van der Waals surface area contributed by atoms with Gasteiger partial charge in [0.05, 0.1) is 7.11 Å². The second-order valence-electron chi connectivity index (χ2n) is 8.16. The number of nitrogens with one attached hydrogen (secondary N) is 1. The molecule has 2 aliphatic rings. The number of rotatable bonds is 8. The number of allylic oxidation sites excluding steroid dienone is 2. The summed E-state index contributed by atoms with van der Waals surface area (Å²) in [6.07, 6.45) is 5.04. The van der Waals surface area contributed by atoms with Crippen LogP contribution in [0.25, 0.3) is 0 Å². The minimum atomic E-state index is -0.522. The maximum absolute atomic E-state index is 12.3. The first-order valence-electron chi connectivity index (χ1n) is 10.9. The zero-order valence-electron chi connectivity index (χ0n) is 18.9. The van der Waals surface area contributed by atoms with E-state index in [0.29, 0.717) is 34.8 Å². The van der Waals surface area contributed by atoms with Gasteiger partial charge in [-0.25, -0.2) is 4.79 Å². The number of anilines is 1. The highest BCUT2D eigenvalue weighted by molar-refractivity contribution is 7.15. The summed E-state index contributed by atoms with van der Waals surface area (Å²) in [4.78, 5) is 24.4. The summed E-state index contributed by atoms with van der Waals surface area (Å²) in [6.45, 7) is 4.64. The highest BCUT2D eigenvalue weighted by Gasteiger charge is 2.31. The number of benzene rings is 1. The highest BCUT2D eigenvalue weighted by atomic mass is 32.1. The van der Waals surface area contributed by atoms with Gasteiger partial charge in [-0.15, -0.1) is 10.2 Å². The Balaban J connectivity index is 1.36. The van der Waals surface area contributed by atoms with Crippen molar-refractivity contribution >= 4 is 28.3 Å². The highest BCUT2D eigenvalue weighted by Crippen LogP contribution is 2.42. The summed E-state index contributed by atoms with van der Waals surface area (Å²) in [7, 11) is 1.54. The van der Waals surface area contributed by atoms with E-state index in [2.05, 4.69) is 15.5 Å². The lowest BCUT2D eigenvalue weighted by Gasteiger charge is -2.15. The van der Waals surface area contributed by atoms with E-state index in [9.17, 15) is 14.7 Å². The Morgan fingerprint density at radius 1 is 1.36 bits per heavy atom. The van der Waals surface area contributed by atoms with E-state index < -0.39 is 5.97 Å². The van der Waals surface area contributed by atoms with Gasteiger partial charge in [0.25, 0.3) is 0 Å². The Hall–Kier alpha value is -2.98. The van der Waals surface area contributed by atoms with Crippen LogP contribution in [-0.4, -0.2) is 40.9 Å². The second-order valence-corrected chi connectivity index (χ2v) is 9.17. The summed E-state index contributed by atoms with van der Waals surface area (Å²) in [5, 5.41) is 22.9. The number of methoxy groups -OCH3 is 1. The smallest absolute Gasteiger partial charge is 0.342 e. The number of hydrogen-bond donors (Lipinski definition) is 2. The van der Waals surface area contributed by atoms with Gasteiger partial charge in [0.1, 0.15) is 34.8 Å². The van der Waals surface area contributed by atoms with E-state index in [-0.39, 0.29) is 36.4 Å². The molecule has 33 heavy (non-hydrogen) atoms. The molecule has 9 nitrogen and oxygen atoms in total. The lowest BCUT2D eigenvalue weighted by Crippen LogP contribution is -2.11. The van der Waals surface area contributed by atoms with Crippen molar-refractivity contribution in [2.24, 2.45) is 0 Å². The van der Waals surface area contributed by atoms with Crippen LogP contribution < -0.4 is 10.1 Å². The predicted molar refractivity (Wildman–Crippen MR) is 122 cm³/mol. The third kappa shape index (κ3) is 4.86. The molecule has 1 fully saturated rings. The standard InChI is InChI=1S/C23H27N3O6S/c1-12(7-9-17(27)24-23-26-25-21(33-23)16-5-4-10-31-16)6-8-14-19(28)18-15(11-32-22(18)29)13(2)20(14)30-3/h6,16,28H,4-5,7-11H2,1-3H3,(H,24,26,27)/t16-/m1/s1. The van der Waals surface area contributed by atoms with E-state index in [1.54, 1.807) is 0 Å². The van der Waals surface area contributed by atoms with Gasteiger partial charge in [0.15, 0.2) is 0 Å². The molecule has 1 aromatic heterocycles. The number of aromatic hydroxyl groups is 1. The van der Waals surface area contributed by atoms with E-state index in [1.807, 2.05) is 19.9 Å². The lowest BCUT2D eigenvalue weighted by atomic mass is 9.94. The number of phenols is 1. The third-order valence-electron chi connectivity index (χ3n) is 5.94. The quantitative estimate of drug-likeness (QED) is 0.436. The zero-order chi connectivity index (χ0) is 23.5. The van der Waals surface area contributed by atoms with Crippen molar-refractivity contribution in [3.05, 3.63) is 38.9 Å². The fraction of sp³-hybridized carbons (Fsp3) is 0.478. The van der Waals surface area contributed by atoms with Crippen LogP contribution >= 0.6 is 11.3 Å². The SMILES string of the molecule is COc1c(C)c2c(c(O)c1CC=C(C)CCC(=O)Nc1nnc([C@H]3CCCO3)s1)C(=O)OC2. The van der Waals surface area contributed by atoms with Crippen LogP contribution in [0, 0.1) is 6.92 Å². The number of amides is 1. The molecule has 176 valence electrons. The van der Waals surface area contributed by atoms with Gasteiger partial charge in [-0.2, -0.15) is 0 Å². The number of esters is 1. The van der Waals surface area contributed by atoms with Crippen LogP contribution in [0.5, 0.6) is 11.5 Å². The molecule has 4 rings (SSSR count). The summed E-state index contributed by atoms with van der Waals surface area (Å²) in [6, 6.07) is 0. The monoisotopic (exact) mass is 473 g/mol. The predicted octanol–water partition coefficient (Wildman–Crippen LogP) is 3.99. The zero-order valence-corrected chi connectivity index (χ0v) is 19.7. The van der Waals surface area contributed by atoms with Crippen molar-refractivity contribution in [1.29, 1.82) is 0 Å². The summed E-state index contributed by atoms with van der Waals surface area (Å²) >= 11 is 1.34. The summed E-state index contributed by atoms with van der Waals surface area (Å²) in [5.74, 6) is -0.222. The fourth-order valence-corrected chi connectivity index (χ4v) is 4.93. The second kappa shape index (κ2) is 9.88. The Kier molecular flexibility index (Phi) is 6.94. The van der Waals surface area contributed by atoms with Gasteiger partial charge >= 0.3 is 5.97 Å². The molecule has 0 unspecified atom stereocenters. The van der Waals surface area contributed by atoms with Crippen LogP contribution in [0.2, 0.25) is 0 Å². The number of hydrogen-bond acceptors (Lipinski definition) is 9. The fourth-order valence-electron chi connectivity index (χ4n) is 4.09. The Labute approximate surface area is 195 Å². The number of nitrogens with zero attached hydrogens (tertiary/aromatic N) is 2. The minimum Gasteiger partial charge on any atom is -0.507 e. The normalized spacial score (nSPS) is 17.7. The average molecular weight is 474 g/mol. The van der Waals surface area contributed by atoms with Crippen molar-refractivity contribution in [1.82, 2.24) is 10.2 Å². The molecule has 1 atom stereocenters. The number of cyclic esters (lactones) is 1. The van der Waals surface area contributed by atoms with Crippen molar-refractivity contribution < 1.29 is 28.9 Å². The number of ether oxygens (including phenoxy) is 3. The molecule has 0 bridgehead atoms. The summed E-state index contributed by atoms with van der Waals surface area (Å²) < 4.78 is 16.2. The molecule has 0 radical (unpaired) electrons. The van der Waals surface area contributed by atoms with Crippen LogP contribution in [-0.2, 0) is 27.3 Å². The molecule has 2 aromatic rings. The first-order chi connectivity index (χ1) is 15.9. The maximum atomic E-state index is 12.3. The van der Waals surface area contributed by atoms with Gasteiger partial charge in [0, 0.05) is 24.2 Å². The number of phenolic OH excluding ortho intramolecular Hbond substituents is 1. The number of carbonyl (C=O) groups excluding carboxylic acids is 2. The number of carbonyl (C=O) groups is 2. The van der Waals surface area contributed by atoms with Crippen molar-refractivity contribution in [2.45, 2.75) is 58.7 Å². The van der Waals surface area contributed by atoms with Gasteiger partial charge in [-0.3, -0.25) is 4.79 Å². The maximum Gasteiger partial charge on any atom is 0.342 e. The van der Waals surface area contributed by atoms with Crippen molar-refractivity contribution in [3.8, 4) is 11.5 Å². The van der Waals surface area contributed by atoms with Crippen LogP contribution in [0.15, 0.2) is 11.6 Å². The van der Waals surface area contributed by atoms with Gasteiger partial charge < -0.3 is 24.6 Å². The van der Waals surface area contributed by atoms with Gasteiger partial charge in [-0.05, 0) is 45.1 Å². The lowest BCUT2D eigenvalue weighted by molar-refractivity contribution is -0.116. The molecule has 2 aliphatic heterocycles. The first kappa shape index (κ1) is 23.2. The third-order valence-corrected chi connectivity index (χ3v) is 6.87. The number of fused-ring (bicyclic) bond motifs is 1. The molecule has 1 amide bonds. The summed E-state index contributed by atoms with van der Waals surface area (Å²) in [5.41, 5.74) is 3.18. The molecular formula is C23H27N3O6S. The molecule has 1 aromatic carbocycles. The molecule has 10 heteroatoms. The van der Waals surface area contributed by atoms with E-state index in [0.717, 1.165) is 35.6 Å². The minimum absolute atomic E-state index is 0.0172. The Morgan fingerprint density at radius 3 is 2.91 bits per heavy atom. The largest absolute Gasteiger partial charge is 0.507 e. The Morgan fingerprint density at radius 2 is 2.18 bits per heavy atom. The topological polar surface area (TPSA) is 120 Å². The van der Waals surface area contributed by atoms with Crippen molar-refractivity contribution in [3.63, 3.8) is 0 Å². The molecule has 1 saturated heterocycles. The molecule has 0 spiro atoms. The van der Waals surface area contributed by atoms with Crippen LogP contribution in [0.1, 0.15) is 70.8 Å². The average Bonchev–Trinajstić information content (AvgIpc) is 3.55. The molecule has 3 heterocycles. The van der Waals surface area contributed by atoms with Crippen LogP contribution in [0.3, 0.4) is 0 Å². The van der Waals surface area contributed by atoms with Crippen LogP contribution in [0.4, 0.5) is 5.13 Å². The van der Waals surface area contributed by atoms with E-state index >= 15 is 0 Å². The molecule has 0 aliphatic carbocycles. The van der Waals surface area contributed by atoms with E-state index in [4.69, 9.17) is 14.2 Å². The molecule has 2 N–H and O–H groups in total. The first-order valence-corrected chi connectivity index (χ1v) is 11.7. The van der Waals surface area contributed by atoms with E-state index in [1.165, 1.54) is 18.4 Å². The Bertz CT molecular complexity index is 1100. The van der Waals surface area contributed by atoms with Crippen molar-refractivity contribution in [2.75, 3.05) is 19.0 Å². The van der Waals surface area contributed by atoms with Gasteiger partial charge in [-0.1, -0.05) is 23.0 Å².